The molecule has 0 spiro atoms. The fourth-order valence-corrected chi connectivity index (χ4v) is 3.86. The summed E-state index contributed by atoms with van der Waals surface area (Å²) in [6, 6.07) is 6.10. The molecule has 2 aliphatic heterocycles. The zero-order valence-corrected chi connectivity index (χ0v) is 15.1. The number of amides is 2. The predicted molar refractivity (Wildman–Crippen MR) is 97.2 cm³/mol. The fourth-order valence-electron chi connectivity index (χ4n) is 2.91. The first-order valence-corrected chi connectivity index (χ1v) is 8.99. The number of carbonyl (C=O) groups is 2. The smallest absolute Gasteiger partial charge is 0.293 e. The molecule has 0 atom stereocenters. The van der Waals surface area contributed by atoms with Crippen LogP contribution in [0.3, 0.4) is 0 Å². The minimum absolute atomic E-state index is 0.117. The van der Waals surface area contributed by atoms with Gasteiger partial charge >= 0.3 is 0 Å². The number of rotatable bonds is 3. The minimum Gasteiger partial charge on any atom is -0.378 e. The number of carbonyl (C=O) groups excluding carboxylic acids is 2. The van der Waals surface area contributed by atoms with Gasteiger partial charge in [-0.3, -0.25) is 14.5 Å². The van der Waals surface area contributed by atoms with E-state index in [0.717, 1.165) is 49.2 Å². The largest absolute Gasteiger partial charge is 0.378 e. The molecule has 0 radical (unpaired) electrons. The van der Waals surface area contributed by atoms with Crippen LogP contribution < -0.4 is 4.90 Å². The van der Waals surface area contributed by atoms with Gasteiger partial charge in [0.1, 0.15) is 0 Å². The quantitative estimate of drug-likeness (QED) is 0.786. The maximum absolute atomic E-state index is 12.4. The summed E-state index contributed by atoms with van der Waals surface area (Å²) in [5.74, 6) is -0.198. The number of hydrogen-bond acceptors (Lipinski definition) is 5. The molecule has 0 N–H and O–H groups in total. The van der Waals surface area contributed by atoms with Crippen molar-refractivity contribution in [3.05, 3.63) is 34.2 Å². The van der Waals surface area contributed by atoms with Crippen molar-refractivity contribution in [3.63, 3.8) is 0 Å². The highest BCUT2D eigenvalue weighted by atomic mass is 32.2. The number of aryl methyl sites for hydroxylation is 1. The minimum atomic E-state index is -0.198. The Bertz CT molecular complexity index is 694. The summed E-state index contributed by atoms with van der Waals surface area (Å²) in [7, 11) is 0. The van der Waals surface area contributed by atoms with Crippen molar-refractivity contribution >= 4 is 34.7 Å². The average Bonchev–Trinajstić information content (AvgIpc) is 2.84. The molecule has 3 rings (SSSR count). The van der Waals surface area contributed by atoms with Gasteiger partial charge in [-0.2, -0.15) is 0 Å². The molecule has 2 amide bonds. The third-order valence-corrected chi connectivity index (χ3v) is 5.14. The third kappa shape index (κ3) is 3.35. The lowest BCUT2D eigenvalue weighted by Crippen LogP contribution is -2.36. The monoisotopic (exact) mass is 346 g/mol. The van der Waals surface area contributed by atoms with Crippen LogP contribution in [0.5, 0.6) is 0 Å². The van der Waals surface area contributed by atoms with Crippen LogP contribution in [0, 0.1) is 6.92 Å². The van der Waals surface area contributed by atoms with Crippen LogP contribution in [0.15, 0.2) is 23.1 Å². The van der Waals surface area contributed by atoms with E-state index in [1.165, 1.54) is 10.6 Å². The number of hydrogen-bond donors (Lipinski definition) is 0. The molecular formula is C18H22N2O3S. The van der Waals surface area contributed by atoms with Crippen molar-refractivity contribution in [1.29, 1.82) is 0 Å². The van der Waals surface area contributed by atoms with Gasteiger partial charge in [-0.15, -0.1) is 0 Å². The molecule has 2 aliphatic rings. The molecule has 0 aromatic heterocycles. The van der Waals surface area contributed by atoms with Crippen molar-refractivity contribution in [1.82, 2.24) is 4.90 Å². The number of nitrogens with zero attached hydrogens (tertiary/aromatic N) is 2. The van der Waals surface area contributed by atoms with Gasteiger partial charge in [0.2, 0.25) is 0 Å². The number of morpholine rings is 1. The summed E-state index contributed by atoms with van der Waals surface area (Å²) in [6.07, 6.45) is 1.83. The van der Waals surface area contributed by atoms with Crippen LogP contribution in [-0.4, -0.2) is 48.4 Å². The molecule has 0 aliphatic carbocycles. The van der Waals surface area contributed by atoms with E-state index in [9.17, 15) is 9.59 Å². The lowest BCUT2D eigenvalue weighted by atomic mass is 10.1. The molecule has 2 saturated heterocycles. The summed E-state index contributed by atoms with van der Waals surface area (Å²) in [4.78, 5) is 28.5. The van der Waals surface area contributed by atoms with Crippen molar-refractivity contribution in [2.75, 3.05) is 31.2 Å². The molecule has 2 heterocycles. The van der Waals surface area contributed by atoms with Crippen LogP contribution in [0.1, 0.15) is 25.0 Å². The van der Waals surface area contributed by atoms with E-state index in [0.29, 0.717) is 4.91 Å². The third-order valence-electron chi connectivity index (χ3n) is 4.26. The van der Waals surface area contributed by atoms with Gasteiger partial charge in [-0.05, 0) is 61.9 Å². The van der Waals surface area contributed by atoms with E-state index in [2.05, 4.69) is 17.0 Å². The standard InChI is InChI=1S/C18H22N2O3S/c1-12(2)20-17(21)16(24-18(20)22)11-14-4-5-15(10-13(14)3)19-6-8-23-9-7-19/h4-5,10-12H,6-9H2,1-3H3/b16-11+. The Morgan fingerprint density at radius 1 is 1.21 bits per heavy atom. The summed E-state index contributed by atoms with van der Waals surface area (Å²) in [5, 5.41) is -0.191. The van der Waals surface area contributed by atoms with Crippen LogP contribution in [-0.2, 0) is 9.53 Å². The van der Waals surface area contributed by atoms with Gasteiger partial charge in [0.25, 0.3) is 11.1 Å². The number of thioether (sulfide) groups is 1. The van der Waals surface area contributed by atoms with Gasteiger partial charge in [-0.1, -0.05) is 6.07 Å². The van der Waals surface area contributed by atoms with E-state index in [1.807, 2.05) is 32.9 Å². The first-order valence-electron chi connectivity index (χ1n) is 8.18. The summed E-state index contributed by atoms with van der Waals surface area (Å²) in [6.45, 7) is 9.02. The van der Waals surface area contributed by atoms with Gasteiger partial charge in [0, 0.05) is 24.8 Å². The van der Waals surface area contributed by atoms with Crippen molar-refractivity contribution in [2.45, 2.75) is 26.8 Å². The predicted octanol–water partition coefficient (Wildman–Crippen LogP) is 3.28. The average molecular weight is 346 g/mol. The van der Waals surface area contributed by atoms with Gasteiger partial charge in [0.05, 0.1) is 18.1 Å². The first-order chi connectivity index (χ1) is 11.5. The van der Waals surface area contributed by atoms with E-state index in [1.54, 1.807) is 0 Å². The Balaban J connectivity index is 1.83. The Hall–Kier alpha value is -1.79. The second-order valence-corrected chi connectivity index (χ2v) is 7.28. The van der Waals surface area contributed by atoms with Crippen LogP contribution in [0.4, 0.5) is 10.5 Å². The van der Waals surface area contributed by atoms with E-state index in [4.69, 9.17) is 4.74 Å². The Morgan fingerprint density at radius 3 is 2.50 bits per heavy atom. The summed E-state index contributed by atoms with van der Waals surface area (Å²) in [5.41, 5.74) is 3.24. The summed E-state index contributed by atoms with van der Waals surface area (Å²) >= 11 is 1.02. The fraction of sp³-hybridized carbons (Fsp3) is 0.444. The maximum Gasteiger partial charge on any atom is 0.293 e. The van der Waals surface area contributed by atoms with E-state index < -0.39 is 0 Å². The lowest BCUT2D eigenvalue weighted by Gasteiger charge is -2.29. The Morgan fingerprint density at radius 2 is 1.92 bits per heavy atom. The normalized spacial score (nSPS) is 20.6. The van der Waals surface area contributed by atoms with Gasteiger partial charge in [-0.25, -0.2) is 0 Å². The van der Waals surface area contributed by atoms with E-state index >= 15 is 0 Å². The van der Waals surface area contributed by atoms with Gasteiger partial charge in [0.15, 0.2) is 0 Å². The zero-order valence-electron chi connectivity index (χ0n) is 14.2. The molecule has 128 valence electrons. The van der Waals surface area contributed by atoms with Crippen molar-refractivity contribution < 1.29 is 14.3 Å². The molecule has 5 nitrogen and oxygen atoms in total. The molecule has 6 heteroatoms. The van der Waals surface area contributed by atoms with Gasteiger partial charge < -0.3 is 9.64 Å². The van der Waals surface area contributed by atoms with Crippen molar-refractivity contribution in [3.8, 4) is 0 Å². The van der Waals surface area contributed by atoms with E-state index in [-0.39, 0.29) is 17.2 Å². The maximum atomic E-state index is 12.4. The molecule has 1 aromatic carbocycles. The van der Waals surface area contributed by atoms with Crippen LogP contribution in [0.2, 0.25) is 0 Å². The molecule has 1 aromatic rings. The first kappa shape index (κ1) is 17.0. The Kier molecular flexibility index (Phi) is 4.96. The second kappa shape index (κ2) is 6.99. The molecule has 2 fully saturated rings. The topological polar surface area (TPSA) is 49.9 Å². The highest BCUT2D eigenvalue weighted by molar-refractivity contribution is 8.18. The van der Waals surface area contributed by atoms with Crippen LogP contribution in [0.25, 0.3) is 6.08 Å². The number of benzene rings is 1. The molecule has 0 bridgehead atoms. The molecule has 24 heavy (non-hydrogen) atoms. The number of anilines is 1. The zero-order chi connectivity index (χ0) is 17.3. The number of imide groups is 1. The summed E-state index contributed by atoms with van der Waals surface area (Å²) < 4.78 is 5.39. The molecular weight excluding hydrogens is 324 g/mol. The SMILES string of the molecule is Cc1cc(N2CCOCC2)ccc1/C=C1/SC(=O)N(C(C)C)C1=O. The lowest BCUT2D eigenvalue weighted by molar-refractivity contribution is -0.123. The number of ether oxygens (including phenoxy) is 1. The van der Waals surface area contributed by atoms with Crippen LogP contribution >= 0.6 is 11.8 Å². The molecule has 0 saturated carbocycles. The second-order valence-electron chi connectivity index (χ2n) is 6.29. The molecule has 0 unspecified atom stereocenters. The highest BCUT2D eigenvalue weighted by Crippen LogP contribution is 2.34. The highest BCUT2D eigenvalue weighted by Gasteiger charge is 2.36. The van der Waals surface area contributed by atoms with Crippen molar-refractivity contribution in [2.24, 2.45) is 0 Å². The Labute approximate surface area is 146 Å².